The summed E-state index contributed by atoms with van der Waals surface area (Å²) in [5.74, 6) is 0. The van der Waals surface area contributed by atoms with Crippen molar-refractivity contribution < 1.29 is 30.7 Å². The van der Waals surface area contributed by atoms with Crippen molar-refractivity contribution in [3.05, 3.63) is 23.2 Å². The predicted molar refractivity (Wildman–Crippen MR) is 48.9 cm³/mol. The SMILES string of the molecule is C[n+]1cncc(Br)c1.O=S(=O)([O-])C(F)(F)F. The molecule has 0 spiro atoms. The van der Waals surface area contributed by atoms with Gasteiger partial charge in [0.15, 0.2) is 16.3 Å². The highest BCUT2D eigenvalue weighted by atomic mass is 79.9. The molecule has 1 aromatic heterocycles. The maximum absolute atomic E-state index is 10.7. The Hall–Kier alpha value is -0.740. The third-order valence-electron chi connectivity index (χ3n) is 1.06. The maximum Gasteiger partial charge on any atom is 0.485 e. The van der Waals surface area contributed by atoms with E-state index < -0.39 is 15.6 Å². The van der Waals surface area contributed by atoms with Crippen LogP contribution in [0.5, 0.6) is 0 Å². The fraction of sp³-hybridized carbons (Fsp3) is 0.333. The van der Waals surface area contributed by atoms with Crippen molar-refractivity contribution in [1.29, 1.82) is 0 Å². The number of aromatic nitrogens is 2. The van der Waals surface area contributed by atoms with Gasteiger partial charge in [-0.15, -0.1) is 0 Å². The molecule has 0 aromatic carbocycles. The van der Waals surface area contributed by atoms with Gasteiger partial charge >= 0.3 is 5.51 Å². The molecule has 0 amide bonds. The van der Waals surface area contributed by atoms with Crippen LogP contribution in [0.25, 0.3) is 0 Å². The van der Waals surface area contributed by atoms with Crippen LogP contribution in [0.15, 0.2) is 23.2 Å². The maximum atomic E-state index is 10.7. The van der Waals surface area contributed by atoms with Gasteiger partial charge in [0, 0.05) is 0 Å². The highest BCUT2D eigenvalue weighted by molar-refractivity contribution is 9.10. The van der Waals surface area contributed by atoms with E-state index in [1.165, 1.54) is 0 Å². The van der Waals surface area contributed by atoms with E-state index in [1.54, 1.807) is 12.5 Å². The second-order valence-electron chi connectivity index (χ2n) is 2.47. The molecule has 0 atom stereocenters. The van der Waals surface area contributed by atoms with Crippen LogP contribution in [0, 0.1) is 0 Å². The average molecular weight is 323 g/mol. The number of nitrogens with zero attached hydrogens (tertiary/aromatic N) is 2. The van der Waals surface area contributed by atoms with Crippen molar-refractivity contribution in [2.75, 3.05) is 0 Å². The summed E-state index contributed by atoms with van der Waals surface area (Å²) in [6.45, 7) is 0. The Bertz CT molecular complexity index is 431. The smallest absolute Gasteiger partial charge is 0.485 e. The summed E-state index contributed by atoms with van der Waals surface area (Å²) in [6.07, 6.45) is 5.43. The van der Waals surface area contributed by atoms with E-state index in [4.69, 9.17) is 13.0 Å². The number of rotatable bonds is 0. The van der Waals surface area contributed by atoms with E-state index in [-0.39, 0.29) is 0 Å². The summed E-state index contributed by atoms with van der Waals surface area (Å²) in [6, 6.07) is 0. The molecule has 0 unspecified atom stereocenters. The van der Waals surface area contributed by atoms with Gasteiger partial charge < -0.3 is 4.55 Å². The van der Waals surface area contributed by atoms with E-state index in [2.05, 4.69) is 20.9 Å². The van der Waals surface area contributed by atoms with Gasteiger partial charge in [-0.3, -0.25) is 0 Å². The van der Waals surface area contributed by atoms with E-state index in [1.807, 2.05) is 17.8 Å². The lowest BCUT2D eigenvalue weighted by molar-refractivity contribution is -0.675. The molecule has 0 radical (unpaired) electrons. The summed E-state index contributed by atoms with van der Waals surface area (Å²) in [4.78, 5) is 3.90. The first-order valence-electron chi connectivity index (χ1n) is 3.52. The Morgan fingerprint density at radius 3 is 2.12 bits per heavy atom. The molecule has 0 aliphatic carbocycles. The van der Waals surface area contributed by atoms with Crippen LogP contribution < -0.4 is 4.57 Å². The topological polar surface area (TPSA) is 74.0 Å². The van der Waals surface area contributed by atoms with Crippen LogP contribution >= 0.6 is 15.9 Å². The first kappa shape index (κ1) is 15.3. The van der Waals surface area contributed by atoms with Crippen molar-refractivity contribution in [3.8, 4) is 0 Å². The van der Waals surface area contributed by atoms with E-state index >= 15 is 0 Å². The molecule has 1 rings (SSSR count). The Kier molecular flexibility index (Phi) is 5.29. The second-order valence-corrected chi connectivity index (χ2v) is 4.76. The van der Waals surface area contributed by atoms with E-state index in [9.17, 15) is 13.2 Å². The minimum Gasteiger partial charge on any atom is -0.741 e. The van der Waals surface area contributed by atoms with Gasteiger partial charge in [0.2, 0.25) is 0 Å². The normalized spacial score (nSPS) is 11.6. The van der Waals surface area contributed by atoms with Gasteiger partial charge in [-0.1, -0.05) is 4.98 Å². The molecular formula is C6H6BrF3N2O3S. The van der Waals surface area contributed by atoms with E-state index in [0.29, 0.717) is 0 Å². The van der Waals surface area contributed by atoms with Crippen LogP contribution in [0.4, 0.5) is 13.2 Å². The molecule has 0 N–H and O–H groups in total. The van der Waals surface area contributed by atoms with Crippen molar-refractivity contribution in [2.24, 2.45) is 7.05 Å². The zero-order chi connectivity index (χ0) is 13.0. The minimum atomic E-state index is -6.09. The highest BCUT2D eigenvalue weighted by Crippen LogP contribution is 2.20. The Morgan fingerprint density at radius 1 is 1.50 bits per heavy atom. The quantitative estimate of drug-likeness (QED) is 0.401. The van der Waals surface area contributed by atoms with Gasteiger partial charge in [-0.05, 0) is 15.9 Å². The fourth-order valence-corrected chi connectivity index (χ4v) is 0.912. The van der Waals surface area contributed by atoms with Crippen molar-refractivity contribution >= 4 is 26.0 Å². The molecule has 16 heavy (non-hydrogen) atoms. The molecule has 0 bridgehead atoms. The lowest BCUT2D eigenvalue weighted by Gasteiger charge is -2.08. The molecule has 1 aromatic rings. The van der Waals surface area contributed by atoms with Gasteiger partial charge in [0.25, 0.3) is 6.33 Å². The molecule has 0 aliphatic heterocycles. The summed E-state index contributed by atoms with van der Waals surface area (Å²) >= 11 is 3.28. The summed E-state index contributed by atoms with van der Waals surface area (Å²) < 4.78 is 61.8. The average Bonchev–Trinajstić information content (AvgIpc) is 2.00. The first-order valence-corrected chi connectivity index (χ1v) is 5.72. The zero-order valence-corrected chi connectivity index (χ0v) is 10.2. The predicted octanol–water partition coefficient (Wildman–Crippen LogP) is 0.720. The summed E-state index contributed by atoms with van der Waals surface area (Å²) in [5, 5.41) is 0. The van der Waals surface area contributed by atoms with Crippen molar-refractivity contribution in [1.82, 2.24) is 4.98 Å². The fourth-order valence-electron chi connectivity index (χ4n) is 0.471. The zero-order valence-electron chi connectivity index (χ0n) is 7.77. The number of aryl methyl sites for hydroxylation is 1. The first-order chi connectivity index (χ1) is 7.04. The molecular weight excluding hydrogens is 317 g/mol. The molecule has 0 fully saturated rings. The molecule has 5 nitrogen and oxygen atoms in total. The van der Waals surface area contributed by atoms with Crippen LogP contribution in [-0.4, -0.2) is 23.5 Å². The number of alkyl halides is 3. The van der Waals surface area contributed by atoms with Gasteiger partial charge in [0.1, 0.15) is 10.7 Å². The van der Waals surface area contributed by atoms with Gasteiger partial charge in [-0.25, -0.2) is 13.0 Å². The van der Waals surface area contributed by atoms with Crippen LogP contribution in [0.1, 0.15) is 0 Å². The number of hydrogen-bond acceptors (Lipinski definition) is 4. The van der Waals surface area contributed by atoms with Crippen LogP contribution in [0.2, 0.25) is 0 Å². The second kappa shape index (κ2) is 5.55. The lowest BCUT2D eigenvalue weighted by Crippen LogP contribution is -2.26. The summed E-state index contributed by atoms with van der Waals surface area (Å²) in [5.41, 5.74) is -5.65. The monoisotopic (exact) mass is 322 g/mol. The van der Waals surface area contributed by atoms with Crippen LogP contribution in [-0.2, 0) is 17.2 Å². The Labute approximate surface area is 97.8 Å². The van der Waals surface area contributed by atoms with E-state index in [0.717, 1.165) is 4.47 Å². The molecule has 1 heterocycles. The number of hydrogen-bond donors (Lipinski definition) is 0. The Balaban J connectivity index is 0.000000281. The largest absolute Gasteiger partial charge is 0.741 e. The molecule has 0 aliphatic rings. The standard InChI is InChI=1S/C5H6BrN2.CHF3O3S/c1-8-3-5(6)2-7-4-8;2-1(3,4)8(5,6)7/h2-4H,1H3;(H,5,6,7)/q+1;/p-1. The lowest BCUT2D eigenvalue weighted by atomic mass is 10.7. The van der Waals surface area contributed by atoms with Gasteiger partial charge in [0.05, 0.1) is 7.05 Å². The molecule has 0 saturated heterocycles. The highest BCUT2D eigenvalue weighted by Gasteiger charge is 2.36. The third-order valence-corrected chi connectivity index (χ3v) is 2.03. The number of halogens is 4. The van der Waals surface area contributed by atoms with Crippen LogP contribution in [0.3, 0.4) is 0 Å². The Morgan fingerprint density at radius 2 is 1.94 bits per heavy atom. The van der Waals surface area contributed by atoms with Crippen molar-refractivity contribution in [3.63, 3.8) is 0 Å². The molecule has 0 saturated carbocycles. The van der Waals surface area contributed by atoms with Gasteiger partial charge in [-0.2, -0.15) is 13.2 Å². The minimum absolute atomic E-state index is 1.00. The summed E-state index contributed by atoms with van der Waals surface area (Å²) in [7, 11) is -4.16. The van der Waals surface area contributed by atoms with Crippen molar-refractivity contribution in [2.45, 2.75) is 5.51 Å². The molecule has 10 heteroatoms. The molecule has 92 valence electrons. The third kappa shape index (κ3) is 5.98.